The van der Waals surface area contributed by atoms with E-state index in [0.717, 1.165) is 0 Å². The van der Waals surface area contributed by atoms with Gasteiger partial charge in [0.1, 0.15) is 0 Å². The molecule has 1 heterocycles. The molecule has 1 heteroatoms. The highest BCUT2D eigenvalue weighted by molar-refractivity contribution is 6.21. The summed E-state index contributed by atoms with van der Waals surface area (Å²) in [5, 5.41) is 7.66. The van der Waals surface area contributed by atoms with E-state index < -0.39 is 0 Å². The summed E-state index contributed by atoms with van der Waals surface area (Å²) in [6, 6.07) is 78.5. The maximum atomic E-state index is 2.49. The molecule has 0 N–H and O–H groups in total. The fourth-order valence-corrected chi connectivity index (χ4v) is 10.3. The van der Waals surface area contributed by atoms with Crippen molar-refractivity contribution in [2.24, 2.45) is 0 Å². The van der Waals surface area contributed by atoms with Crippen molar-refractivity contribution in [2.75, 3.05) is 0 Å². The average Bonchev–Trinajstić information content (AvgIpc) is 3.75. The minimum absolute atomic E-state index is 0.204. The zero-order valence-electron chi connectivity index (χ0n) is 33.7. The third kappa shape index (κ3) is 5.19. The largest absolute Gasteiger partial charge is 0.309 e. The first-order chi connectivity index (χ1) is 29.5. The Bertz CT molecular complexity index is 3420. The molecule has 0 aliphatic heterocycles. The number of hydrogen-bond acceptors (Lipinski definition) is 0. The van der Waals surface area contributed by atoms with E-state index in [1.165, 1.54) is 116 Å². The first-order valence-electron chi connectivity index (χ1n) is 21.0. The third-order valence-corrected chi connectivity index (χ3v) is 13.2. The summed E-state index contributed by atoms with van der Waals surface area (Å²) in [6.07, 6.45) is 0. The second-order valence-electron chi connectivity index (χ2n) is 16.9. The molecule has 1 nitrogen and oxygen atoms in total. The molecule has 0 spiro atoms. The Balaban J connectivity index is 0.968. The van der Waals surface area contributed by atoms with E-state index in [2.05, 4.69) is 231 Å². The summed E-state index contributed by atoms with van der Waals surface area (Å²) in [7, 11) is 0. The Hall–Kier alpha value is -7.48. The Morgan fingerprint density at radius 2 is 0.733 bits per heavy atom. The van der Waals surface area contributed by atoms with Crippen LogP contribution in [-0.2, 0) is 5.41 Å². The smallest absolute Gasteiger partial charge is 0.0541 e. The van der Waals surface area contributed by atoms with Gasteiger partial charge in [0.05, 0.1) is 11.0 Å². The predicted octanol–water partition coefficient (Wildman–Crippen LogP) is 16.1. The van der Waals surface area contributed by atoms with E-state index in [9.17, 15) is 0 Å². The fourth-order valence-electron chi connectivity index (χ4n) is 10.3. The molecule has 0 unspecified atom stereocenters. The van der Waals surface area contributed by atoms with Gasteiger partial charge in [-0.25, -0.2) is 0 Å². The molecule has 0 bridgehead atoms. The van der Waals surface area contributed by atoms with Gasteiger partial charge in [-0.2, -0.15) is 0 Å². The van der Waals surface area contributed by atoms with Crippen molar-refractivity contribution >= 4 is 43.4 Å². The van der Waals surface area contributed by atoms with Crippen LogP contribution < -0.4 is 0 Å². The highest BCUT2D eigenvalue weighted by Crippen LogP contribution is 2.52. The van der Waals surface area contributed by atoms with E-state index in [4.69, 9.17) is 0 Å². The van der Waals surface area contributed by atoms with Crippen LogP contribution in [0.3, 0.4) is 0 Å². The molecule has 0 amide bonds. The lowest BCUT2D eigenvalue weighted by atomic mass is 9.80. The van der Waals surface area contributed by atoms with Gasteiger partial charge in [0, 0.05) is 21.9 Å². The van der Waals surface area contributed by atoms with Gasteiger partial charge in [-0.05, 0) is 125 Å². The second kappa shape index (κ2) is 13.3. The highest BCUT2D eigenvalue weighted by Gasteiger charge is 2.36. The topological polar surface area (TPSA) is 4.93 Å². The first-order valence-corrected chi connectivity index (χ1v) is 21.0. The molecule has 0 radical (unpaired) electrons. The summed E-state index contributed by atoms with van der Waals surface area (Å²) in [5.41, 5.74) is 18.8. The van der Waals surface area contributed by atoms with Crippen molar-refractivity contribution in [3.8, 4) is 61.3 Å². The third-order valence-electron chi connectivity index (χ3n) is 13.2. The Kier molecular flexibility index (Phi) is 7.65. The standard InChI is InChI=1S/C59H41N/c1-59(2)53-36-43(58-50-22-11-9-20-48(50)57(41-17-7-4-8-18-41)49-21-10-12-23-51(49)58)29-32-45(53)46-33-31-44(37-54(46)59)60-55-24-14-13-19-47(55)52-35-42(30-34-56(52)60)40-27-25-39(26-28-40)38-15-5-3-6-16-38/h3-37H,1-2H3. The van der Waals surface area contributed by atoms with Crippen LogP contribution in [0.2, 0.25) is 0 Å². The van der Waals surface area contributed by atoms with Crippen molar-refractivity contribution in [1.82, 2.24) is 4.57 Å². The molecule has 0 atom stereocenters. The maximum Gasteiger partial charge on any atom is 0.0541 e. The fraction of sp³-hybridized carbons (Fsp3) is 0.0508. The minimum atomic E-state index is -0.204. The Morgan fingerprint density at radius 3 is 1.37 bits per heavy atom. The maximum absolute atomic E-state index is 2.49. The normalized spacial score (nSPS) is 13.0. The number of para-hydroxylation sites is 1. The van der Waals surface area contributed by atoms with Gasteiger partial charge >= 0.3 is 0 Å². The van der Waals surface area contributed by atoms with Crippen molar-refractivity contribution < 1.29 is 0 Å². The molecule has 60 heavy (non-hydrogen) atoms. The van der Waals surface area contributed by atoms with E-state index in [0.29, 0.717) is 0 Å². The number of rotatable bonds is 5. The molecule has 10 aromatic carbocycles. The van der Waals surface area contributed by atoms with Gasteiger partial charge in [0.25, 0.3) is 0 Å². The molecule has 282 valence electrons. The Morgan fingerprint density at radius 1 is 0.300 bits per heavy atom. The van der Waals surface area contributed by atoms with Crippen LogP contribution in [0.1, 0.15) is 25.0 Å². The van der Waals surface area contributed by atoms with Gasteiger partial charge < -0.3 is 4.57 Å². The average molecular weight is 764 g/mol. The molecule has 11 aromatic rings. The van der Waals surface area contributed by atoms with Crippen LogP contribution in [0.15, 0.2) is 212 Å². The van der Waals surface area contributed by atoms with E-state index in [-0.39, 0.29) is 5.41 Å². The zero-order valence-corrected chi connectivity index (χ0v) is 33.7. The van der Waals surface area contributed by atoms with Gasteiger partial charge in [-0.15, -0.1) is 0 Å². The number of nitrogens with zero attached hydrogens (tertiary/aromatic N) is 1. The van der Waals surface area contributed by atoms with Crippen LogP contribution in [0, 0.1) is 0 Å². The van der Waals surface area contributed by atoms with E-state index >= 15 is 0 Å². The lowest BCUT2D eigenvalue weighted by Gasteiger charge is -2.23. The highest BCUT2D eigenvalue weighted by atomic mass is 15.0. The van der Waals surface area contributed by atoms with Crippen molar-refractivity contribution in [2.45, 2.75) is 19.3 Å². The lowest BCUT2D eigenvalue weighted by molar-refractivity contribution is 0.660. The number of benzene rings is 10. The second-order valence-corrected chi connectivity index (χ2v) is 16.9. The molecular formula is C59H41N. The number of fused-ring (bicyclic) bond motifs is 8. The number of hydrogen-bond donors (Lipinski definition) is 0. The molecule has 0 saturated heterocycles. The molecule has 1 aliphatic rings. The van der Waals surface area contributed by atoms with Gasteiger partial charge in [0.2, 0.25) is 0 Å². The van der Waals surface area contributed by atoms with Crippen molar-refractivity contribution in [3.63, 3.8) is 0 Å². The summed E-state index contributed by atoms with van der Waals surface area (Å²) >= 11 is 0. The van der Waals surface area contributed by atoms with Gasteiger partial charge in [-0.1, -0.05) is 190 Å². The first kappa shape index (κ1) is 34.6. The van der Waals surface area contributed by atoms with Crippen LogP contribution in [0.5, 0.6) is 0 Å². The lowest BCUT2D eigenvalue weighted by Crippen LogP contribution is -2.15. The van der Waals surface area contributed by atoms with Gasteiger partial charge in [-0.3, -0.25) is 0 Å². The summed E-state index contributed by atoms with van der Waals surface area (Å²) in [6.45, 7) is 4.81. The van der Waals surface area contributed by atoms with Crippen LogP contribution in [0.4, 0.5) is 0 Å². The molecule has 1 aromatic heterocycles. The SMILES string of the molecule is CC1(C)c2cc(-c3c4ccccc4c(-c4ccccc4)c4ccccc34)ccc2-c2ccc(-n3c4ccccc4c4cc(-c5ccc(-c6ccccc6)cc5)ccc43)cc21. The quantitative estimate of drug-likeness (QED) is 0.154. The van der Waals surface area contributed by atoms with Gasteiger partial charge in [0.15, 0.2) is 0 Å². The van der Waals surface area contributed by atoms with Crippen LogP contribution in [-0.4, -0.2) is 4.57 Å². The van der Waals surface area contributed by atoms with Crippen molar-refractivity contribution in [1.29, 1.82) is 0 Å². The Labute approximate surface area is 350 Å². The van der Waals surface area contributed by atoms with Crippen LogP contribution in [0.25, 0.3) is 105 Å². The monoisotopic (exact) mass is 763 g/mol. The summed E-state index contributed by atoms with van der Waals surface area (Å²) in [5.74, 6) is 0. The van der Waals surface area contributed by atoms with Crippen molar-refractivity contribution in [3.05, 3.63) is 223 Å². The predicted molar refractivity (Wildman–Crippen MR) is 255 cm³/mol. The minimum Gasteiger partial charge on any atom is -0.309 e. The van der Waals surface area contributed by atoms with Crippen LogP contribution >= 0.6 is 0 Å². The molecule has 12 rings (SSSR count). The molecule has 0 saturated carbocycles. The summed E-state index contributed by atoms with van der Waals surface area (Å²) < 4.78 is 2.46. The molecule has 1 aliphatic carbocycles. The van der Waals surface area contributed by atoms with E-state index in [1.807, 2.05) is 0 Å². The zero-order chi connectivity index (χ0) is 40.0. The van der Waals surface area contributed by atoms with E-state index in [1.54, 1.807) is 0 Å². The number of aromatic nitrogens is 1. The molecular weight excluding hydrogens is 723 g/mol. The summed E-state index contributed by atoms with van der Waals surface area (Å²) in [4.78, 5) is 0. The molecule has 0 fully saturated rings.